The van der Waals surface area contributed by atoms with Crippen molar-refractivity contribution in [1.29, 1.82) is 0 Å². The first-order valence-electron chi connectivity index (χ1n) is 9.37. The van der Waals surface area contributed by atoms with Gasteiger partial charge < -0.3 is 9.47 Å². The second kappa shape index (κ2) is 11.1. The highest BCUT2D eigenvalue weighted by molar-refractivity contribution is 5.93. The summed E-state index contributed by atoms with van der Waals surface area (Å²) in [5.74, 6) is 0.611. The maximum atomic E-state index is 12.2. The van der Waals surface area contributed by atoms with E-state index in [1.807, 2.05) is 67.6 Å². The Morgan fingerprint density at radius 3 is 2.35 bits per heavy atom. The Hall–Kier alpha value is -2.55. The molecule has 2 aromatic carbocycles. The quantitative estimate of drug-likeness (QED) is 0.401. The Labute approximate surface area is 156 Å². The van der Waals surface area contributed by atoms with Crippen molar-refractivity contribution >= 4 is 12.0 Å². The van der Waals surface area contributed by atoms with E-state index < -0.39 is 0 Å². The van der Waals surface area contributed by atoms with Crippen LogP contribution in [-0.2, 0) is 16.1 Å². The zero-order valence-corrected chi connectivity index (χ0v) is 15.7. The van der Waals surface area contributed by atoms with Crippen molar-refractivity contribution in [2.24, 2.45) is 0 Å². The van der Waals surface area contributed by atoms with Crippen molar-refractivity contribution in [2.75, 3.05) is 6.61 Å². The van der Waals surface area contributed by atoms with Crippen molar-refractivity contribution in [3.8, 4) is 5.75 Å². The summed E-state index contributed by atoms with van der Waals surface area (Å²) in [5, 5.41) is 0. The molecule has 0 saturated carbocycles. The molecule has 0 saturated heterocycles. The number of hydrogen-bond donors (Lipinski definition) is 0. The van der Waals surface area contributed by atoms with Gasteiger partial charge in [0.25, 0.3) is 0 Å². The first-order valence-corrected chi connectivity index (χ1v) is 9.37. The lowest BCUT2D eigenvalue weighted by molar-refractivity contribution is -0.139. The number of unbranched alkanes of at least 4 members (excludes halogenated alkanes) is 1. The van der Waals surface area contributed by atoms with E-state index in [0.29, 0.717) is 13.2 Å². The Morgan fingerprint density at radius 2 is 1.69 bits per heavy atom. The van der Waals surface area contributed by atoms with E-state index in [0.717, 1.165) is 48.1 Å². The molecule has 26 heavy (non-hydrogen) atoms. The molecule has 3 heteroatoms. The van der Waals surface area contributed by atoms with Gasteiger partial charge in [0, 0.05) is 5.57 Å². The Balaban J connectivity index is 2.01. The molecule has 3 nitrogen and oxygen atoms in total. The highest BCUT2D eigenvalue weighted by Gasteiger charge is 2.10. The topological polar surface area (TPSA) is 35.5 Å². The van der Waals surface area contributed by atoms with Gasteiger partial charge in [0.1, 0.15) is 12.4 Å². The summed E-state index contributed by atoms with van der Waals surface area (Å²) in [6.45, 7) is 5.13. The van der Waals surface area contributed by atoms with E-state index >= 15 is 0 Å². The molecule has 0 atom stereocenters. The summed E-state index contributed by atoms with van der Waals surface area (Å²) in [4.78, 5) is 12.2. The molecule has 0 N–H and O–H groups in total. The Bertz CT molecular complexity index is 687. The Morgan fingerprint density at radius 1 is 0.962 bits per heavy atom. The largest absolute Gasteiger partial charge is 0.489 e. The zero-order valence-electron chi connectivity index (χ0n) is 15.7. The van der Waals surface area contributed by atoms with Gasteiger partial charge in [-0.15, -0.1) is 0 Å². The van der Waals surface area contributed by atoms with Gasteiger partial charge in [-0.05, 0) is 48.6 Å². The first-order chi connectivity index (χ1) is 12.7. The molecule has 2 rings (SSSR count). The van der Waals surface area contributed by atoms with Crippen molar-refractivity contribution in [3.63, 3.8) is 0 Å². The summed E-state index contributed by atoms with van der Waals surface area (Å²) in [5.41, 5.74) is 2.85. The number of hydrogen-bond acceptors (Lipinski definition) is 3. The van der Waals surface area contributed by atoms with Crippen LogP contribution in [0.2, 0.25) is 0 Å². The Kier molecular flexibility index (Phi) is 8.47. The molecule has 2 aromatic rings. The van der Waals surface area contributed by atoms with Gasteiger partial charge in [0.2, 0.25) is 0 Å². The molecule has 0 aliphatic rings. The fraction of sp³-hybridized carbons (Fsp3) is 0.348. The van der Waals surface area contributed by atoms with E-state index in [1.54, 1.807) is 0 Å². The molecule has 0 fully saturated rings. The van der Waals surface area contributed by atoms with Crippen LogP contribution in [0.3, 0.4) is 0 Å². The SMILES string of the molecule is CCCCC(=Cc1ccc(OCc2ccccc2)cc1)C(=O)OCCC. The molecular weight excluding hydrogens is 324 g/mol. The zero-order chi connectivity index (χ0) is 18.6. The van der Waals surface area contributed by atoms with Gasteiger partial charge in [-0.1, -0.05) is 62.7 Å². The van der Waals surface area contributed by atoms with Gasteiger partial charge in [-0.2, -0.15) is 0 Å². The van der Waals surface area contributed by atoms with Crippen molar-refractivity contribution in [2.45, 2.75) is 46.1 Å². The summed E-state index contributed by atoms with van der Waals surface area (Å²) in [6, 6.07) is 17.9. The minimum atomic E-state index is -0.204. The van der Waals surface area contributed by atoms with Crippen LogP contribution in [0.4, 0.5) is 0 Å². The third-order valence-electron chi connectivity index (χ3n) is 3.97. The predicted molar refractivity (Wildman–Crippen MR) is 106 cm³/mol. The summed E-state index contributed by atoms with van der Waals surface area (Å²) in [6.07, 6.45) is 5.52. The second-order valence-electron chi connectivity index (χ2n) is 6.25. The molecule has 0 amide bonds. The fourth-order valence-electron chi connectivity index (χ4n) is 2.49. The number of rotatable bonds is 10. The molecule has 0 aromatic heterocycles. The van der Waals surface area contributed by atoms with E-state index in [4.69, 9.17) is 9.47 Å². The lowest BCUT2D eigenvalue weighted by Gasteiger charge is -2.09. The number of esters is 1. The summed E-state index contributed by atoms with van der Waals surface area (Å²) >= 11 is 0. The van der Waals surface area contributed by atoms with Gasteiger partial charge in [-0.25, -0.2) is 4.79 Å². The average Bonchev–Trinajstić information content (AvgIpc) is 2.69. The number of benzene rings is 2. The summed E-state index contributed by atoms with van der Waals surface area (Å²) < 4.78 is 11.1. The predicted octanol–water partition coefficient (Wildman–Crippen LogP) is 5.79. The molecule has 0 unspecified atom stereocenters. The van der Waals surface area contributed by atoms with Gasteiger partial charge in [-0.3, -0.25) is 0 Å². The van der Waals surface area contributed by atoms with Gasteiger partial charge in [0.05, 0.1) is 6.61 Å². The molecular formula is C23H28O3. The van der Waals surface area contributed by atoms with Crippen LogP contribution in [-0.4, -0.2) is 12.6 Å². The van der Waals surface area contributed by atoms with Crippen LogP contribution in [0.15, 0.2) is 60.2 Å². The van der Waals surface area contributed by atoms with Crippen LogP contribution >= 0.6 is 0 Å². The number of carbonyl (C=O) groups is 1. The number of ether oxygens (including phenoxy) is 2. The van der Waals surface area contributed by atoms with Crippen molar-refractivity contribution < 1.29 is 14.3 Å². The minimum Gasteiger partial charge on any atom is -0.489 e. The van der Waals surface area contributed by atoms with Crippen molar-refractivity contribution in [3.05, 3.63) is 71.3 Å². The van der Waals surface area contributed by atoms with Crippen LogP contribution in [0.5, 0.6) is 5.75 Å². The maximum Gasteiger partial charge on any atom is 0.334 e. The maximum absolute atomic E-state index is 12.2. The second-order valence-corrected chi connectivity index (χ2v) is 6.25. The molecule has 0 aliphatic carbocycles. The monoisotopic (exact) mass is 352 g/mol. The first kappa shape index (κ1) is 19.8. The highest BCUT2D eigenvalue weighted by Crippen LogP contribution is 2.19. The molecule has 0 heterocycles. The third-order valence-corrected chi connectivity index (χ3v) is 3.97. The normalized spacial score (nSPS) is 11.2. The van der Waals surface area contributed by atoms with E-state index in [9.17, 15) is 4.79 Å². The molecule has 0 spiro atoms. The summed E-state index contributed by atoms with van der Waals surface area (Å²) in [7, 11) is 0. The van der Waals surface area contributed by atoms with E-state index in [1.165, 1.54) is 0 Å². The van der Waals surface area contributed by atoms with Gasteiger partial charge in [0.15, 0.2) is 0 Å². The molecule has 138 valence electrons. The van der Waals surface area contributed by atoms with E-state index in [-0.39, 0.29) is 5.97 Å². The highest BCUT2D eigenvalue weighted by atomic mass is 16.5. The third kappa shape index (κ3) is 6.75. The smallest absolute Gasteiger partial charge is 0.334 e. The van der Waals surface area contributed by atoms with Crippen LogP contribution in [0.25, 0.3) is 6.08 Å². The molecule has 0 bridgehead atoms. The standard InChI is InChI=1S/C23H28O3/c1-3-5-11-21(23(24)25-16-4-2)17-19-12-14-22(15-13-19)26-18-20-9-7-6-8-10-20/h6-10,12-15,17H,3-5,11,16,18H2,1-2H3. The lowest BCUT2D eigenvalue weighted by atomic mass is 10.1. The number of carbonyl (C=O) groups excluding carboxylic acids is 1. The van der Waals surface area contributed by atoms with Crippen molar-refractivity contribution in [1.82, 2.24) is 0 Å². The average molecular weight is 352 g/mol. The van der Waals surface area contributed by atoms with E-state index in [2.05, 4.69) is 6.92 Å². The molecule has 0 radical (unpaired) electrons. The molecule has 0 aliphatic heterocycles. The van der Waals surface area contributed by atoms with Crippen LogP contribution in [0, 0.1) is 0 Å². The van der Waals surface area contributed by atoms with Crippen LogP contribution < -0.4 is 4.74 Å². The minimum absolute atomic E-state index is 0.204. The fourth-order valence-corrected chi connectivity index (χ4v) is 2.49. The van der Waals surface area contributed by atoms with Crippen LogP contribution in [0.1, 0.15) is 50.7 Å². The lowest BCUT2D eigenvalue weighted by Crippen LogP contribution is -2.08. The van der Waals surface area contributed by atoms with Gasteiger partial charge >= 0.3 is 5.97 Å².